The highest BCUT2D eigenvalue weighted by atomic mass is 127. The number of rotatable bonds is 5. The van der Waals surface area contributed by atoms with Crippen LogP contribution in [0.3, 0.4) is 0 Å². The molecule has 0 bridgehead atoms. The van der Waals surface area contributed by atoms with Crippen LogP contribution in [0.4, 0.5) is 0 Å². The maximum absolute atomic E-state index is 5.27. The van der Waals surface area contributed by atoms with E-state index in [1.54, 1.807) is 7.11 Å². The van der Waals surface area contributed by atoms with E-state index in [0.29, 0.717) is 5.92 Å². The number of hydrogen-bond donors (Lipinski definition) is 1. The zero-order valence-corrected chi connectivity index (χ0v) is 17.0. The van der Waals surface area contributed by atoms with Gasteiger partial charge in [0.15, 0.2) is 5.96 Å². The van der Waals surface area contributed by atoms with Crippen molar-refractivity contribution in [1.82, 2.24) is 10.2 Å². The Morgan fingerprint density at radius 2 is 2.04 bits per heavy atom. The Bertz CT molecular complexity index is 490. The van der Waals surface area contributed by atoms with Crippen LogP contribution in [0.1, 0.15) is 25.8 Å². The molecule has 130 valence electrons. The summed E-state index contributed by atoms with van der Waals surface area (Å²) in [5, 5.41) is 3.55. The molecule has 0 radical (unpaired) electrons. The molecule has 1 aliphatic rings. The number of likely N-dealkylation sites (tertiary alicyclic amines) is 1. The van der Waals surface area contributed by atoms with E-state index in [9.17, 15) is 0 Å². The summed E-state index contributed by atoms with van der Waals surface area (Å²) in [4.78, 5) is 6.79. The highest BCUT2D eigenvalue weighted by molar-refractivity contribution is 14.0. The summed E-state index contributed by atoms with van der Waals surface area (Å²) in [6.45, 7) is 8.32. The minimum absolute atomic E-state index is 0. The highest BCUT2D eigenvalue weighted by Crippen LogP contribution is 2.22. The summed E-state index contributed by atoms with van der Waals surface area (Å²) < 4.78 is 5.27. The topological polar surface area (TPSA) is 36.9 Å². The lowest BCUT2D eigenvalue weighted by atomic mass is 9.85. The van der Waals surface area contributed by atoms with Gasteiger partial charge in [-0.05, 0) is 12.0 Å². The Labute approximate surface area is 157 Å². The number of nitrogens with one attached hydrogen (secondary N) is 1. The summed E-state index contributed by atoms with van der Waals surface area (Å²) in [5.41, 5.74) is 1.42. The molecule has 4 nitrogen and oxygen atoms in total. The summed E-state index contributed by atoms with van der Waals surface area (Å²) in [5.74, 6) is 1.62. The van der Waals surface area contributed by atoms with Crippen molar-refractivity contribution in [2.75, 3.05) is 40.4 Å². The van der Waals surface area contributed by atoms with Crippen LogP contribution < -0.4 is 5.32 Å². The Morgan fingerprint density at radius 3 is 2.65 bits per heavy atom. The molecule has 1 N–H and O–H groups in total. The van der Waals surface area contributed by atoms with E-state index >= 15 is 0 Å². The van der Waals surface area contributed by atoms with Gasteiger partial charge >= 0.3 is 0 Å². The minimum Gasteiger partial charge on any atom is -0.384 e. The molecular formula is C18H30IN3O. The summed E-state index contributed by atoms with van der Waals surface area (Å²) in [6.07, 6.45) is 1.18. The quantitative estimate of drug-likeness (QED) is 0.442. The van der Waals surface area contributed by atoms with Crippen LogP contribution in [-0.2, 0) is 10.2 Å². The van der Waals surface area contributed by atoms with E-state index in [4.69, 9.17) is 4.74 Å². The lowest BCUT2D eigenvalue weighted by Crippen LogP contribution is -2.45. The fourth-order valence-corrected chi connectivity index (χ4v) is 3.02. The van der Waals surface area contributed by atoms with Gasteiger partial charge in [0.2, 0.25) is 0 Å². The van der Waals surface area contributed by atoms with E-state index in [2.05, 4.69) is 59.4 Å². The van der Waals surface area contributed by atoms with Gasteiger partial charge in [-0.2, -0.15) is 0 Å². The van der Waals surface area contributed by atoms with E-state index in [-0.39, 0.29) is 29.4 Å². The van der Waals surface area contributed by atoms with Crippen LogP contribution in [0.2, 0.25) is 0 Å². The first-order valence-corrected chi connectivity index (χ1v) is 8.07. The maximum Gasteiger partial charge on any atom is 0.193 e. The lowest BCUT2D eigenvalue weighted by molar-refractivity contribution is 0.157. The highest BCUT2D eigenvalue weighted by Gasteiger charge is 2.26. The van der Waals surface area contributed by atoms with Crippen LogP contribution in [0.15, 0.2) is 35.3 Å². The van der Waals surface area contributed by atoms with Crippen molar-refractivity contribution in [3.63, 3.8) is 0 Å². The summed E-state index contributed by atoms with van der Waals surface area (Å²) in [6, 6.07) is 10.6. The van der Waals surface area contributed by atoms with E-state index < -0.39 is 0 Å². The van der Waals surface area contributed by atoms with Crippen molar-refractivity contribution in [2.24, 2.45) is 10.9 Å². The molecule has 1 atom stereocenters. The standard InChI is InChI=1S/C18H29N3O.HI/c1-18(2,16-8-6-5-7-9-16)14-20-17(19-3)21-11-10-15(12-21)13-22-4;/h5-9,15H,10-14H2,1-4H3,(H,19,20);1H. The molecule has 1 aromatic carbocycles. The van der Waals surface area contributed by atoms with Crippen LogP contribution in [-0.4, -0.2) is 51.3 Å². The van der Waals surface area contributed by atoms with Gasteiger partial charge in [0.05, 0.1) is 6.61 Å². The number of aliphatic imine (C=N–C) groups is 1. The van der Waals surface area contributed by atoms with Crippen LogP contribution in [0.5, 0.6) is 0 Å². The van der Waals surface area contributed by atoms with Crippen LogP contribution >= 0.6 is 24.0 Å². The van der Waals surface area contributed by atoms with Crippen molar-refractivity contribution in [2.45, 2.75) is 25.7 Å². The number of guanidine groups is 1. The summed E-state index contributed by atoms with van der Waals surface area (Å²) >= 11 is 0. The third-order valence-electron chi connectivity index (χ3n) is 4.44. The number of methoxy groups -OCH3 is 1. The number of halogens is 1. The minimum atomic E-state index is 0. The Hall–Kier alpha value is -0.820. The molecule has 23 heavy (non-hydrogen) atoms. The van der Waals surface area contributed by atoms with Gasteiger partial charge in [0.25, 0.3) is 0 Å². The van der Waals surface area contributed by atoms with Gasteiger partial charge in [-0.15, -0.1) is 24.0 Å². The molecule has 2 rings (SSSR count). The average Bonchev–Trinajstić information content (AvgIpc) is 2.98. The number of nitrogens with zero attached hydrogens (tertiary/aromatic N) is 2. The second kappa shape index (κ2) is 9.47. The first-order chi connectivity index (χ1) is 10.6. The lowest BCUT2D eigenvalue weighted by Gasteiger charge is -2.29. The van der Waals surface area contributed by atoms with Crippen molar-refractivity contribution in [3.8, 4) is 0 Å². The van der Waals surface area contributed by atoms with Gasteiger partial charge in [-0.25, -0.2) is 0 Å². The normalized spacial score (nSPS) is 18.7. The molecule has 0 spiro atoms. The fraction of sp³-hybridized carbons (Fsp3) is 0.611. The number of benzene rings is 1. The second-order valence-corrected chi connectivity index (χ2v) is 6.71. The average molecular weight is 431 g/mol. The number of hydrogen-bond acceptors (Lipinski definition) is 2. The molecule has 0 saturated carbocycles. The Kier molecular flexibility index (Phi) is 8.33. The van der Waals surface area contributed by atoms with Gasteiger partial charge < -0.3 is 15.0 Å². The first kappa shape index (κ1) is 20.2. The van der Waals surface area contributed by atoms with Crippen molar-refractivity contribution in [3.05, 3.63) is 35.9 Å². The molecule has 1 fully saturated rings. The van der Waals surface area contributed by atoms with Crippen molar-refractivity contribution < 1.29 is 4.74 Å². The fourth-order valence-electron chi connectivity index (χ4n) is 3.02. The van der Waals surface area contributed by atoms with E-state index in [0.717, 1.165) is 32.2 Å². The molecule has 0 aromatic heterocycles. The second-order valence-electron chi connectivity index (χ2n) is 6.71. The number of ether oxygens (including phenoxy) is 1. The molecule has 0 aliphatic carbocycles. The smallest absolute Gasteiger partial charge is 0.193 e. The Morgan fingerprint density at radius 1 is 1.35 bits per heavy atom. The maximum atomic E-state index is 5.27. The zero-order valence-electron chi connectivity index (χ0n) is 14.7. The molecule has 1 aliphatic heterocycles. The van der Waals surface area contributed by atoms with Gasteiger partial charge in [0, 0.05) is 45.1 Å². The molecule has 5 heteroatoms. The largest absolute Gasteiger partial charge is 0.384 e. The van der Waals surface area contributed by atoms with Gasteiger partial charge in [0.1, 0.15) is 0 Å². The van der Waals surface area contributed by atoms with E-state index in [1.807, 2.05) is 7.05 Å². The Balaban J connectivity index is 0.00000264. The third-order valence-corrected chi connectivity index (χ3v) is 4.44. The van der Waals surface area contributed by atoms with Gasteiger partial charge in [-0.1, -0.05) is 44.2 Å². The van der Waals surface area contributed by atoms with Crippen LogP contribution in [0.25, 0.3) is 0 Å². The molecule has 1 aromatic rings. The molecule has 1 saturated heterocycles. The molecule has 1 heterocycles. The van der Waals surface area contributed by atoms with Crippen LogP contribution in [0, 0.1) is 5.92 Å². The molecule has 1 unspecified atom stereocenters. The van der Waals surface area contributed by atoms with E-state index in [1.165, 1.54) is 12.0 Å². The molecule has 0 amide bonds. The monoisotopic (exact) mass is 431 g/mol. The third kappa shape index (κ3) is 5.64. The SMILES string of the molecule is CN=C(NCC(C)(C)c1ccccc1)N1CCC(COC)C1.I. The summed E-state index contributed by atoms with van der Waals surface area (Å²) in [7, 11) is 3.64. The van der Waals surface area contributed by atoms with Crippen molar-refractivity contribution in [1.29, 1.82) is 0 Å². The first-order valence-electron chi connectivity index (χ1n) is 8.07. The predicted octanol–water partition coefficient (Wildman–Crippen LogP) is 3.13. The zero-order chi connectivity index (χ0) is 16.0. The molecular weight excluding hydrogens is 401 g/mol. The predicted molar refractivity (Wildman–Crippen MR) is 108 cm³/mol. The van der Waals surface area contributed by atoms with Gasteiger partial charge in [-0.3, -0.25) is 4.99 Å². The van der Waals surface area contributed by atoms with Crippen molar-refractivity contribution >= 4 is 29.9 Å².